The average molecular weight is 231 g/mol. The molecule has 0 saturated carbocycles. The van der Waals surface area contributed by atoms with Gasteiger partial charge in [0.15, 0.2) is 11.5 Å². The SMILES string of the molecule is Cn1cnnc1-c1[nH]nc2nc(N)nc(N)c12. The molecule has 86 valence electrons. The highest BCUT2D eigenvalue weighted by Gasteiger charge is 2.17. The maximum atomic E-state index is 5.81. The first-order chi connectivity index (χ1) is 8.16. The van der Waals surface area contributed by atoms with E-state index in [2.05, 4.69) is 30.4 Å². The van der Waals surface area contributed by atoms with E-state index in [1.165, 1.54) is 0 Å². The van der Waals surface area contributed by atoms with Gasteiger partial charge < -0.3 is 16.0 Å². The van der Waals surface area contributed by atoms with Crippen LogP contribution in [0.5, 0.6) is 0 Å². The van der Waals surface area contributed by atoms with Gasteiger partial charge in [-0.3, -0.25) is 5.10 Å². The number of nitrogens with zero attached hydrogens (tertiary/aromatic N) is 6. The van der Waals surface area contributed by atoms with Crippen molar-refractivity contribution in [2.75, 3.05) is 11.5 Å². The third-order valence-corrected chi connectivity index (χ3v) is 2.39. The fourth-order valence-corrected chi connectivity index (χ4v) is 1.64. The normalized spacial score (nSPS) is 11.1. The van der Waals surface area contributed by atoms with Crippen molar-refractivity contribution in [3.05, 3.63) is 6.33 Å². The molecule has 3 rings (SSSR count). The van der Waals surface area contributed by atoms with Gasteiger partial charge in [0.05, 0.1) is 5.39 Å². The summed E-state index contributed by atoms with van der Waals surface area (Å²) in [7, 11) is 1.82. The third kappa shape index (κ3) is 1.29. The van der Waals surface area contributed by atoms with Crippen LogP contribution in [0.25, 0.3) is 22.6 Å². The summed E-state index contributed by atoms with van der Waals surface area (Å²) in [6, 6.07) is 0. The first-order valence-electron chi connectivity index (χ1n) is 4.78. The number of H-pyrrole nitrogens is 1. The summed E-state index contributed by atoms with van der Waals surface area (Å²) in [5, 5.41) is 15.2. The van der Waals surface area contributed by atoms with Crippen molar-refractivity contribution in [1.29, 1.82) is 0 Å². The van der Waals surface area contributed by atoms with Gasteiger partial charge in [0, 0.05) is 7.05 Å². The van der Waals surface area contributed by atoms with Gasteiger partial charge in [0.25, 0.3) is 0 Å². The number of hydrogen-bond donors (Lipinski definition) is 3. The van der Waals surface area contributed by atoms with Gasteiger partial charge >= 0.3 is 0 Å². The molecule has 0 fully saturated rings. The smallest absolute Gasteiger partial charge is 0.224 e. The van der Waals surface area contributed by atoms with Crippen molar-refractivity contribution in [2.24, 2.45) is 7.05 Å². The number of nitrogens with one attached hydrogen (secondary N) is 1. The van der Waals surface area contributed by atoms with Crippen molar-refractivity contribution in [1.82, 2.24) is 34.9 Å². The van der Waals surface area contributed by atoms with E-state index >= 15 is 0 Å². The molecule has 0 unspecified atom stereocenters. The van der Waals surface area contributed by atoms with Crippen LogP contribution in [0.3, 0.4) is 0 Å². The maximum absolute atomic E-state index is 5.81. The van der Waals surface area contributed by atoms with Crippen molar-refractivity contribution in [3.63, 3.8) is 0 Å². The van der Waals surface area contributed by atoms with Gasteiger partial charge in [-0.2, -0.15) is 15.1 Å². The number of aryl methyl sites for hydroxylation is 1. The summed E-state index contributed by atoms with van der Waals surface area (Å²) < 4.78 is 1.74. The van der Waals surface area contributed by atoms with Crippen LogP contribution < -0.4 is 11.5 Å². The molecular weight excluding hydrogens is 222 g/mol. The zero-order valence-electron chi connectivity index (χ0n) is 8.92. The Morgan fingerprint density at radius 1 is 1.29 bits per heavy atom. The summed E-state index contributed by atoms with van der Waals surface area (Å²) in [4.78, 5) is 7.88. The molecule has 0 atom stereocenters. The number of fused-ring (bicyclic) bond motifs is 1. The lowest BCUT2D eigenvalue weighted by Gasteiger charge is -2.00. The molecule has 0 spiro atoms. The summed E-state index contributed by atoms with van der Waals surface area (Å²) in [6.45, 7) is 0. The molecule has 3 heterocycles. The summed E-state index contributed by atoms with van der Waals surface area (Å²) in [5.74, 6) is 0.956. The fraction of sp³-hybridized carbons (Fsp3) is 0.125. The quantitative estimate of drug-likeness (QED) is 0.504. The van der Waals surface area contributed by atoms with Crippen LogP contribution in [-0.4, -0.2) is 34.9 Å². The number of rotatable bonds is 1. The molecule has 5 N–H and O–H groups in total. The molecule has 0 aliphatic carbocycles. The Bertz CT molecular complexity index is 694. The monoisotopic (exact) mass is 231 g/mol. The van der Waals surface area contributed by atoms with Crippen LogP contribution in [0.1, 0.15) is 0 Å². The molecule has 0 radical (unpaired) electrons. The van der Waals surface area contributed by atoms with Gasteiger partial charge in [0.2, 0.25) is 5.95 Å². The van der Waals surface area contributed by atoms with Crippen LogP contribution in [-0.2, 0) is 7.05 Å². The minimum atomic E-state index is 0.0889. The predicted octanol–water partition coefficient (Wildman–Crippen LogP) is -0.687. The van der Waals surface area contributed by atoms with E-state index in [9.17, 15) is 0 Å². The lowest BCUT2D eigenvalue weighted by molar-refractivity contribution is 0.911. The molecule has 0 saturated heterocycles. The summed E-state index contributed by atoms with van der Waals surface area (Å²) >= 11 is 0. The minimum Gasteiger partial charge on any atom is -0.383 e. The van der Waals surface area contributed by atoms with Crippen LogP contribution in [0.2, 0.25) is 0 Å². The second-order valence-corrected chi connectivity index (χ2v) is 3.53. The Balaban J connectivity index is 2.36. The number of hydrogen-bond acceptors (Lipinski definition) is 7. The molecular formula is C8H9N9. The molecule has 3 aromatic rings. The van der Waals surface area contributed by atoms with E-state index in [1.54, 1.807) is 10.9 Å². The standard InChI is InChI=1S/C8H9N9/c1-17-2-11-16-7(17)4-3-5(9)12-8(10)13-6(3)15-14-4/h2H,1H3,(H5,9,10,12,13,14,15). The highest BCUT2D eigenvalue weighted by Crippen LogP contribution is 2.27. The molecule has 0 bridgehead atoms. The largest absolute Gasteiger partial charge is 0.383 e. The lowest BCUT2D eigenvalue weighted by Crippen LogP contribution is -2.00. The van der Waals surface area contributed by atoms with Crippen LogP contribution in [0.15, 0.2) is 6.33 Å². The predicted molar refractivity (Wildman–Crippen MR) is 60.5 cm³/mol. The van der Waals surface area contributed by atoms with E-state index in [0.717, 1.165) is 0 Å². The zero-order chi connectivity index (χ0) is 12.0. The first kappa shape index (κ1) is 9.51. The Morgan fingerprint density at radius 2 is 2.12 bits per heavy atom. The van der Waals surface area contributed by atoms with Crippen molar-refractivity contribution >= 4 is 22.8 Å². The number of nitrogen functional groups attached to an aromatic ring is 2. The van der Waals surface area contributed by atoms with Gasteiger partial charge in [-0.05, 0) is 0 Å². The summed E-state index contributed by atoms with van der Waals surface area (Å²) in [6.07, 6.45) is 1.58. The minimum absolute atomic E-state index is 0.0889. The average Bonchev–Trinajstić information content (AvgIpc) is 2.83. The first-order valence-corrected chi connectivity index (χ1v) is 4.78. The molecule has 17 heavy (non-hydrogen) atoms. The molecule has 0 aromatic carbocycles. The Morgan fingerprint density at radius 3 is 2.82 bits per heavy atom. The van der Waals surface area contributed by atoms with Crippen molar-refractivity contribution in [3.8, 4) is 11.5 Å². The highest BCUT2D eigenvalue weighted by atomic mass is 15.3. The molecule has 3 aromatic heterocycles. The molecule has 9 nitrogen and oxygen atoms in total. The molecule has 0 aliphatic rings. The second-order valence-electron chi connectivity index (χ2n) is 3.53. The lowest BCUT2D eigenvalue weighted by atomic mass is 10.2. The van der Waals surface area contributed by atoms with Crippen LogP contribution >= 0.6 is 0 Å². The van der Waals surface area contributed by atoms with Gasteiger partial charge in [-0.1, -0.05) is 0 Å². The third-order valence-electron chi connectivity index (χ3n) is 2.39. The number of nitrogens with two attached hydrogens (primary N) is 2. The van der Waals surface area contributed by atoms with Crippen LogP contribution in [0, 0.1) is 0 Å². The van der Waals surface area contributed by atoms with Crippen molar-refractivity contribution < 1.29 is 0 Å². The summed E-state index contributed by atoms with van der Waals surface area (Å²) in [5.41, 5.74) is 12.3. The molecule has 0 amide bonds. The molecule has 9 heteroatoms. The Labute approximate surface area is 94.9 Å². The van der Waals surface area contributed by atoms with Crippen LogP contribution in [0.4, 0.5) is 11.8 Å². The van der Waals surface area contributed by atoms with E-state index in [0.29, 0.717) is 22.6 Å². The second kappa shape index (κ2) is 3.14. The van der Waals surface area contributed by atoms with Gasteiger partial charge in [-0.15, -0.1) is 10.2 Å². The Hall–Kier alpha value is -2.71. The van der Waals surface area contributed by atoms with Gasteiger partial charge in [0.1, 0.15) is 17.8 Å². The fourth-order valence-electron chi connectivity index (χ4n) is 1.64. The topological polar surface area (TPSA) is 137 Å². The van der Waals surface area contributed by atoms with E-state index in [-0.39, 0.29) is 11.8 Å². The zero-order valence-corrected chi connectivity index (χ0v) is 8.92. The maximum Gasteiger partial charge on any atom is 0.224 e. The number of anilines is 2. The van der Waals surface area contributed by atoms with E-state index in [1.807, 2.05) is 7.05 Å². The Kier molecular flexibility index (Phi) is 1.76. The highest BCUT2D eigenvalue weighted by molar-refractivity contribution is 5.97. The number of aromatic amines is 1. The molecule has 0 aliphatic heterocycles. The van der Waals surface area contributed by atoms with E-state index < -0.39 is 0 Å². The number of aromatic nitrogens is 7. The van der Waals surface area contributed by atoms with Crippen molar-refractivity contribution in [2.45, 2.75) is 0 Å². The van der Waals surface area contributed by atoms with E-state index in [4.69, 9.17) is 11.5 Å². The van der Waals surface area contributed by atoms with Gasteiger partial charge in [-0.25, -0.2) is 0 Å².